The number of hydrogen-bond donors (Lipinski definition) is 1. The lowest BCUT2D eigenvalue weighted by molar-refractivity contribution is 0.0270. The van der Waals surface area contributed by atoms with Gasteiger partial charge in [-0.25, -0.2) is 14.8 Å². The molecule has 2 aromatic heterocycles. The number of anilines is 1. The van der Waals surface area contributed by atoms with Crippen molar-refractivity contribution >= 4 is 23.1 Å². The minimum atomic E-state index is -0.510. The van der Waals surface area contributed by atoms with Gasteiger partial charge in [0.25, 0.3) is 0 Å². The van der Waals surface area contributed by atoms with Gasteiger partial charge in [0.15, 0.2) is 11.5 Å². The van der Waals surface area contributed by atoms with Crippen molar-refractivity contribution in [2.24, 2.45) is 0 Å². The zero-order valence-electron chi connectivity index (χ0n) is 17.8. The van der Waals surface area contributed by atoms with E-state index in [-0.39, 0.29) is 12.7 Å². The molecule has 162 valence electrons. The van der Waals surface area contributed by atoms with E-state index in [4.69, 9.17) is 14.5 Å². The summed E-state index contributed by atoms with van der Waals surface area (Å²) < 4.78 is 12.9. The van der Waals surface area contributed by atoms with Crippen LogP contribution in [0.15, 0.2) is 18.5 Å². The van der Waals surface area contributed by atoms with Gasteiger partial charge in [0.05, 0.1) is 37.4 Å². The Morgan fingerprint density at radius 2 is 2.03 bits per heavy atom. The first-order valence-electron chi connectivity index (χ1n) is 10.3. The highest BCUT2D eigenvalue weighted by atomic mass is 16.6. The number of morpholine rings is 1. The van der Waals surface area contributed by atoms with Gasteiger partial charge in [0, 0.05) is 32.4 Å². The summed E-state index contributed by atoms with van der Waals surface area (Å²) in [5.41, 5.74) is 2.85. The van der Waals surface area contributed by atoms with Gasteiger partial charge in [0.1, 0.15) is 5.60 Å². The number of amides is 1. The standard InChI is InChI=1S/C21H29N5O4/c1-21(2,3)30-20(28)25-6-4-15(5-7-25)17-12-22-18(24-8-10-29-11-9-24)19-23-16(14-27)13-26(17)19/h4,12-13,27H,5-11,14H2,1-3H3. The van der Waals surface area contributed by atoms with Crippen LogP contribution in [0.3, 0.4) is 0 Å². The number of carbonyl (C=O) groups is 1. The zero-order chi connectivity index (χ0) is 21.3. The molecular weight excluding hydrogens is 386 g/mol. The first-order chi connectivity index (χ1) is 14.4. The Bertz CT molecular complexity index is 956. The van der Waals surface area contributed by atoms with E-state index in [1.54, 1.807) is 4.90 Å². The Balaban J connectivity index is 1.62. The maximum Gasteiger partial charge on any atom is 0.410 e. The van der Waals surface area contributed by atoms with E-state index in [1.165, 1.54) is 0 Å². The molecule has 2 aromatic rings. The van der Waals surface area contributed by atoms with Crippen LogP contribution in [0.1, 0.15) is 38.6 Å². The number of carbonyl (C=O) groups excluding carboxylic acids is 1. The average Bonchev–Trinajstić information content (AvgIpc) is 3.17. The fourth-order valence-corrected chi connectivity index (χ4v) is 3.72. The van der Waals surface area contributed by atoms with Crippen LogP contribution in [0.5, 0.6) is 0 Å². The molecule has 0 unspecified atom stereocenters. The van der Waals surface area contributed by atoms with Crippen LogP contribution in [0.2, 0.25) is 0 Å². The summed E-state index contributed by atoms with van der Waals surface area (Å²) in [5.74, 6) is 0.800. The number of ether oxygens (including phenoxy) is 2. The van der Waals surface area contributed by atoms with E-state index >= 15 is 0 Å². The van der Waals surface area contributed by atoms with Crippen molar-refractivity contribution in [3.63, 3.8) is 0 Å². The molecule has 0 saturated carbocycles. The van der Waals surface area contributed by atoms with Crippen LogP contribution >= 0.6 is 0 Å². The topological polar surface area (TPSA) is 92.4 Å². The maximum atomic E-state index is 12.3. The minimum Gasteiger partial charge on any atom is -0.444 e. The average molecular weight is 415 g/mol. The molecule has 1 fully saturated rings. The summed E-state index contributed by atoms with van der Waals surface area (Å²) in [6.45, 7) is 9.38. The van der Waals surface area contributed by atoms with Gasteiger partial charge >= 0.3 is 6.09 Å². The van der Waals surface area contributed by atoms with E-state index in [9.17, 15) is 9.90 Å². The van der Waals surface area contributed by atoms with Crippen molar-refractivity contribution in [1.82, 2.24) is 19.3 Å². The van der Waals surface area contributed by atoms with Gasteiger partial charge in [-0.1, -0.05) is 6.08 Å². The van der Waals surface area contributed by atoms with Gasteiger partial charge in [0.2, 0.25) is 0 Å². The lowest BCUT2D eigenvalue weighted by Crippen LogP contribution is -2.39. The fraction of sp³-hybridized carbons (Fsp3) is 0.571. The number of fused-ring (bicyclic) bond motifs is 1. The highest BCUT2D eigenvalue weighted by molar-refractivity contribution is 5.74. The Kier molecular flexibility index (Phi) is 5.66. The largest absolute Gasteiger partial charge is 0.444 e. The van der Waals surface area contributed by atoms with Gasteiger partial charge in [-0.05, 0) is 32.8 Å². The molecular formula is C21H29N5O4. The van der Waals surface area contributed by atoms with Crippen LogP contribution in [-0.4, -0.2) is 75.5 Å². The second-order valence-corrected chi connectivity index (χ2v) is 8.56. The van der Waals surface area contributed by atoms with Crippen LogP contribution in [0, 0.1) is 0 Å². The van der Waals surface area contributed by atoms with Crippen molar-refractivity contribution in [3.8, 4) is 0 Å². The summed E-state index contributed by atoms with van der Waals surface area (Å²) in [4.78, 5) is 25.5. The molecule has 30 heavy (non-hydrogen) atoms. The highest BCUT2D eigenvalue weighted by Gasteiger charge is 2.25. The number of imidazole rings is 1. The van der Waals surface area contributed by atoms with Gasteiger partial charge in [-0.3, -0.25) is 4.40 Å². The Morgan fingerprint density at radius 3 is 2.67 bits per heavy atom. The maximum absolute atomic E-state index is 12.3. The zero-order valence-corrected chi connectivity index (χ0v) is 17.8. The van der Waals surface area contributed by atoms with Crippen molar-refractivity contribution in [1.29, 1.82) is 0 Å². The smallest absolute Gasteiger partial charge is 0.410 e. The quantitative estimate of drug-likeness (QED) is 0.820. The van der Waals surface area contributed by atoms with Crippen LogP contribution in [0.25, 0.3) is 11.2 Å². The first-order valence-corrected chi connectivity index (χ1v) is 10.3. The third-order valence-electron chi connectivity index (χ3n) is 5.19. The lowest BCUT2D eigenvalue weighted by Gasteiger charge is -2.30. The summed E-state index contributed by atoms with van der Waals surface area (Å²) in [6, 6.07) is 0. The van der Waals surface area contributed by atoms with E-state index < -0.39 is 5.60 Å². The molecule has 0 bridgehead atoms. The molecule has 0 aliphatic carbocycles. The van der Waals surface area contributed by atoms with Crippen molar-refractivity contribution in [2.45, 2.75) is 39.4 Å². The predicted molar refractivity (Wildman–Crippen MR) is 112 cm³/mol. The van der Waals surface area contributed by atoms with Crippen molar-refractivity contribution in [3.05, 3.63) is 29.9 Å². The molecule has 2 aliphatic rings. The summed E-state index contributed by atoms with van der Waals surface area (Å²) >= 11 is 0. The molecule has 0 aromatic carbocycles. The molecule has 1 saturated heterocycles. The molecule has 1 amide bonds. The van der Waals surface area contributed by atoms with Crippen molar-refractivity contribution in [2.75, 3.05) is 44.3 Å². The number of aromatic nitrogens is 3. The second kappa shape index (κ2) is 8.23. The molecule has 0 atom stereocenters. The van der Waals surface area contributed by atoms with E-state index in [0.29, 0.717) is 38.4 Å². The third-order valence-corrected chi connectivity index (χ3v) is 5.19. The van der Waals surface area contributed by atoms with Crippen LogP contribution in [-0.2, 0) is 16.1 Å². The van der Waals surface area contributed by atoms with E-state index in [2.05, 4.69) is 9.88 Å². The van der Waals surface area contributed by atoms with Crippen LogP contribution in [0.4, 0.5) is 10.6 Å². The summed E-state index contributed by atoms with van der Waals surface area (Å²) in [5, 5.41) is 9.63. The summed E-state index contributed by atoms with van der Waals surface area (Å²) in [7, 11) is 0. The van der Waals surface area contributed by atoms with Gasteiger partial charge < -0.3 is 24.4 Å². The molecule has 4 heterocycles. The number of hydrogen-bond acceptors (Lipinski definition) is 7. The summed E-state index contributed by atoms with van der Waals surface area (Å²) in [6.07, 6.45) is 6.15. The molecule has 1 N–H and O–H groups in total. The Hall–Kier alpha value is -2.65. The van der Waals surface area contributed by atoms with E-state index in [1.807, 2.05) is 43.6 Å². The normalized spacial score (nSPS) is 17.9. The molecule has 9 nitrogen and oxygen atoms in total. The first kappa shape index (κ1) is 20.6. The Morgan fingerprint density at radius 1 is 1.27 bits per heavy atom. The number of rotatable bonds is 3. The van der Waals surface area contributed by atoms with E-state index in [0.717, 1.165) is 35.8 Å². The molecule has 2 aliphatic heterocycles. The van der Waals surface area contributed by atoms with Crippen LogP contribution < -0.4 is 4.90 Å². The monoisotopic (exact) mass is 415 g/mol. The third kappa shape index (κ3) is 4.27. The number of aliphatic hydroxyl groups excluding tert-OH is 1. The molecule has 9 heteroatoms. The molecule has 4 rings (SSSR count). The fourth-order valence-electron chi connectivity index (χ4n) is 3.72. The SMILES string of the molecule is CC(C)(C)OC(=O)N1CC=C(c2cnc(N3CCOCC3)c3nc(CO)cn23)CC1. The minimum absolute atomic E-state index is 0.130. The highest BCUT2D eigenvalue weighted by Crippen LogP contribution is 2.28. The predicted octanol–water partition coefficient (Wildman–Crippen LogP) is 2.08. The number of nitrogens with zero attached hydrogens (tertiary/aromatic N) is 5. The molecule has 0 spiro atoms. The Labute approximate surface area is 175 Å². The van der Waals surface area contributed by atoms with Gasteiger partial charge in [-0.15, -0.1) is 0 Å². The van der Waals surface area contributed by atoms with Gasteiger partial charge in [-0.2, -0.15) is 0 Å². The lowest BCUT2D eigenvalue weighted by atomic mass is 10.1. The van der Waals surface area contributed by atoms with Crippen molar-refractivity contribution < 1.29 is 19.4 Å². The number of aliphatic hydroxyl groups is 1. The second-order valence-electron chi connectivity index (χ2n) is 8.56. The molecule has 0 radical (unpaired) electrons.